The Morgan fingerprint density at radius 3 is 2.52 bits per heavy atom. The zero-order chi connectivity index (χ0) is 16.8. The average molecular weight is 336 g/mol. The van der Waals surface area contributed by atoms with E-state index in [4.69, 9.17) is 5.73 Å². The third-order valence-electron chi connectivity index (χ3n) is 5.18. The molecule has 2 heterocycles. The third kappa shape index (κ3) is 2.68. The van der Waals surface area contributed by atoms with Crippen molar-refractivity contribution in [3.63, 3.8) is 0 Å². The maximum absolute atomic E-state index is 12.5. The van der Waals surface area contributed by atoms with Crippen molar-refractivity contribution in [1.82, 2.24) is 4.90 Å². The zero-order valence-electron chi connectivity index (χ0n) is 13.7. The quantitative estimate of drug-likeness (QED) is 0.886. The van der Waals surface area contributed by atoms with Crippen LogP contribution in [0.2, 0.25) is 0 Å². The van der Waals surface area contributed by atoms with E-state index in [0.29, 0.717) is 37.4 Å². The molecule has 126 valence electrons. The van der Waals surface area contributed by atoms with E-state index in [9.17, 15) is 13.2 Å². The van der Waals surface area contributed by atoms with Crippen LogP contribution in [0.15, 0.2) is 23.1 Å². The minimum atomic E-state index is -3.24. The van der Waals surface area contributed by atoms with Gasteiger partial charge < -0.3 is 10.6 Å². The van der Waals surface area contributed by atoms with Gasteiger partial charge in [-0.15, -0.1) is 0 Å². The molecule has 0 unspecified atom stereocenters. The number of piperidine rings is 1. The Morgan fingerprint density at radius 2 is 1.96 bits per heavy atom. The monoisotopic (exact) mass is 336 g/mol. The van der Waals surface area contributed by atoms with E-state index in [1.54, 1.807) is 12.1 Å². The molecular weight excluding hydrogens is 312 g/mol. The summed E-state index contributed by atoms with van der Waals surface area (Å²) in [5.74, 6) is 0.289. The van der Waals surface area contributed by atoms with Gasteiger partial charge in [-0.05, 0) is 30.0 Å². The van der Waals surface area contributed by atoms with Crippen LogP contribution < -0.4 is 5.73 Å². The number of likely N-dealkylation sites (tertiary alicyclic amines) is 1. The third-order valence-corrected chi connectivity index (χ3v) is 7.14. The number of fused-ring (bicyclic) bond motifs is 2. The molecule has 0 radical (unpaired) electrons. The molecule has 0 bridgehead atoms. The Morgan fingerprint density at radius 1 is 1.30 bits per heavy atom. The molecule has 2 aliphatic rings. The van der Waals surface area contributed by atoms with Crippen LogP contribution in [-0.4, -0.2) is 38.1 Å². The molecule has 3 rings (SSSR count). The fourth-order valence-corrected chi connectivity index (χ4v) is 6.06. The normalized spacial score (nSPS) is 21.7. The van der Waals surface area contributed by atoms with E-state index in [-0.39, 0.29) is 23.0 Å². The van der Waals surface area contributed by atoms with E-state index < -0.39 is 9.84 Å². The summed E-state index contributed by atoms with van der Waals surface area (Å²) in [6.45, 7) is 5.45. The second-order valence-electron chi connectivity index (χ2n) is 7.05. The second-order valence-corrected chi connectivity index (χ2v) is 9.01. The number of hydrogen-bond donors (Lipinski definition) is 1. The van der Waals surface area contributed by atoms with Crippen molar-refractivity contribution in [3.8, 4) is 0 Å². The lowest BCUT2D eigenvalue weighted by atomic mass is 9.74. The first-order valence-corrected chi connectivity index (χ1v) is 9.79. The molecule has 6 heteroatoms. The molecule has 5 nitrogen and oxygen atoms in total. The largest absolute Gasteiger partial charge is 0.342 e. The lowest BCUT2D eigenvalue weighted by Gasteiger charge is -2.40. The van der Waals surface area contributed by atoms with Gasteiger partial charge in [0.1, 0.15) is 0 Å². The lowest BCUT2D eigenvalue weighted by Crippen LogP contribution is -2.47. The maximum Gasteiger partial charge on any atom is 0.225 e. The van der Waals surface area contributed by atoms with Gasteiger partial charge in [-0.2, -0.15) is 0 Å². The summed E-state index contributed by atoms with van der Waals surface area (Å²) in [6, 6.07) is 5.46. The van der Waals surface area contributed by atoms with Gasteiger partial charge >= 0.3 is 0 Å². The minimum absolute atomic E-state index is 0.0208. The Kier molecular flexibility index (Phi) is 4.01. The molecule has 1 fully saturated rings. The Bertz CT molecular complexity index is 732. The van der Waals surface area contributed by atoms with E-state index in [1.165, 1.54) is 0 Å². The Labute approximate surface area is 137 Å². The number of carbonyl (C=O) groups excluding carboxylic acids is 1. The van der Waals surface area contributed by atoms with Crippen LogP contribution in [-0.2, 0) is 26.6 Å². The topological polar surface area (TPSA) is 80.5 Å². The standard InChI is InChI=1S/C17H24N2O3S/c1-12(2)16(20)19-7-5-17(6-8-19)11-23(21,22)15-4-3-13(10-18)9-14(15)17/h3-4,9,12H,5-8,10-11,18H2,1-2H3. The van der Waals surface area contributed by atoms with Gasteiger partial charge in [-0.1, -0.05) is 26.0 Å². The molecule has 1 spiro atoms. The molecule has 0 aromatic heterocycles. The maximum atomic E-state index is 12.5. The molecular formula is C17H24N2O3S. The van der Waals surface area contributed by atoms with Crippen LogP contribution in [0.5, 0.6) is 0 Å². The van der Waals surface area contributed by atoms with Crippen LogP contribution in [0, 0.1) is 5.92 Å². The van der Waals surface area contributed by atoms with Crippen LogP contribution >= 0.6 is 0 Å². The van der Waals surface area contributed by atoms with Crippen molar-refractivity contribution in [2.75, 3.05) is 18.8 Å². The highest BCUT2D eigenvalue weighted by Gasteiger charge is 2.48. The number of carbonyl (C=O) groups is 1. The van der Waals surface area contributed by atoms with Gasteiger partial charge in [0.25, 0.3) is 0 Å². The summed E-state index contributed by atoms with van der Waals surface area (Å²) >= 11 is 0. The highest BCUT2D eigenvalue weighted by atomic mass is 32.2. The van der Waals surface area contributed by atoms with Crippen molar-refractivity contribution in [1.29, 1.82) is 0 Å². The molecule has 0 atom stereocenters. The summed E-state index contributed by atoms with van der Waals surface area (Å²) in [5, 5.41) is 0. The molecule has 0 saturated carbocycles. The Hall–Kier alpha value is -1.40. The van der Waals surface area contributed by atoms with Crippen LogP contribution in [0.3, 0.4) is 0 Å². The fraction of sp³-hybridized carbons (Fsp3) is 0.588. The van der Waals surface area contributed by atoms with E-state index in [0.717, 1.165) is 11.1 Å². The van der Waals surface area contributed by atoms with Crippen molar-refractivity contribution >= 4 is 15.7 Å². The molecule has 23 heavy (non-hydrogen) atoms. The van der Waals surface area contributed by atoms with Gasteiger partial charge in [0.05, 0.1) is 10.6 Å². The molecule has 1 aromatic rings. The number of nitrogens with two attached hydrogens (primary N) is 1. The molecule has 1 aromatic carbocycles. The number of sulfone groups is 1. The molecule has 1 amide bonds. The number of benzene rings is 1. The molecule has 2 aliphatic heterocycles. The van der Waals surface area contributed by atoms with Crippen molar-refractivity contribution in [2.45, 2.75) is 43.5 Å². The van der Waals surface area contributed by atoms with E-state index >= 15 is 0 Å². The summed E-state index contributed by atoms with van der Waals surface area (Å²) in [5.41, 5.74) is 7.24. The summed E-state index contributed by atoms with van der Waals surface area (Å²) in [4.78, 5) is 14.5. The smallest absolute Gasteiger partial charge is 0.225 e. The van der Waals surface area contributed by atoms with Crippen LogP contribution in [0.4, 0.5) is 0 Å². The highest BCUT2D eigenvalue weighted by Crippen LogP contribution is 2.46. The van der Waals surface area contributed by atoms with E-state index in [1.807, 2.05) is 24.8 Å². The Balaban J connectivity index is 1.93. The van der Waals surface area contributed by atoms with Gasteiger partial charge in [-0.25, -0.2) is 8.42 Å². The predicted octanol–water partition coefficient (Wildman–Crippen LogP) is 1.45. The predicted molar refractivity (Wildman–Crippen MR) is 88.7 cm³/mol. The number of rotatable bonds is 2. The summed E-state index contributed by atoms with van der Waals surface area (Å²) in [7, 11) is -3.24. The van der Waals surface area contributed by atoms with E-state index in [2.05, 4.69) is 0 Å². The summed E-state index contributed by atoms with van der Waals surface area (Å²) < 4.78 is 25.1. The molecule has 1 saturated heterocycles. The first-order chi connectivity index (χ1) is 10.8. The van der Waals surface area contributed by atoms with Crippen molar-refractivity contribution < 1.29 is 13.2 Å². The average Bonchev–Trinajstić information content (AvgIpc) is 2.74. The van der Waals surface area contributed by atoms with Crippen molar-refractivity contribution in [3.05, 3.63) is 29.3 Å². The second kappa shape index (κ2) is 5.60. The van der Waals surface area contributed by atoms with Gasteiger partial charge in [0, 0.05) is 31.0 Å². The lowest BCUT2D eigenvalue weighted by molar-refractivity contribution is -0.136. The summed E-state index contributed by atoms with van der Waals surface area (Å²) in [6.07, 6.45) is 1.40. The molecule has 2 N–H and O–H groups in total. The van der Waals surface area contributed by atoms with Crippen LogP contribution in [0.25, 0.3) is 0 Å². The van der Waals surface area contributed by atoms with Crippen LogP contribution in [0.1, 0.15) is 37.8 Å². The fourth-order valence-electron chi connectivity index (χ4n) is 3.84. The number of amides is 1. The van der Waals surface area contributed by atoms with Crippen molar-refractivity contribution in [2.24, 2.45) is 11.7 Å². The van der Waals surface area contributed by atoms with Gasteiger partial charge in [0.2, 0.25) is 5.91 Å². The SMILES string of the molecule is CC(C)C(=O)N1CCC2(CC1)CS(=O)(=O)c1ccc(CN)cc12. The minimum Gasteiger partial charge on any atom is -0.342 e. The zero-order valence-corrected chi connectivity index (χ0v) is 14.5. The number of nitrogens with zero attached hydrogens (tertiary/aromatic N) is 1. The first kappa shape index (κ1) is 16.5. The first-order valence-electron chi connectivity index (χ1n) is 8.14. The van der Waals surface area contributed by atoms with Gasteiger partial charge in [-0.3, -0.25) is 4.79 Å². The van der Waals surface area contributed by atoms with Gasteiger partial charge in [0.15, 0.2) is 9.84 Å². The number of hydrogen-bond acceptors (Lipinski definition) is 4. The molecule has 0 aliphatic carbocycles. The highest BCUT2D eigenvalue weighted by molar-refractivity contribution is 7.91.